The number of carbonyl (C=O) groups is 4. The van der Waals surface area contributed by atoms with Gasteiger partial charge in [0.15, 0.2) is 5.96 Å². The number of likely N-dealkylation sites (tertiary alicyclic amines) is 1. The molecule has 3 unspecified atom stereocenters. The monoisotopic (exact) mass is 427 g/mol. The van der Waals surface area contributed by atoms with Crippen LogP contribution in [0.1, 0.15) is 39.5 Å². The average Bonchev–Trinajstić information content (AvgIpc) is 3.16. The second-order valence-corrected chi connectivity index (χ2v) is 7.59. The van der Waals surface area contributed by atoms with E-state index in [-0.39, 0.29) is 17.8 Å². The van der Waals surface area contributed by atoms with E-state index in [9.17, 15) is 19.2 Å². The molecular weight excluding hydrogens is 394 g/mol. The van der Waals surface area contributed by atoms with Crippen molar-refractivity contribution in [3.63, 3.8) is 0 Å². The van der Waals surface area contributed by atoms with Gasteiger partial charge in [-0.25, -0.2) is 0 Å². The predicted molar refractivity (Wildman–Crippen MR) is 110 cm³/mol. The third-order valence-corrected chi connectivity index (χ3v) is 4.78. The van der Waals surface area contributed by atoms with Gasteiger partial charge in [-0.2, -0.15) is 0 Å². The lowest BCUT2D eigenvalue weighted by atomic mass is 10.0. The van der Waals surface area contributed by atoms with Crippen molar-refractivity contribution < 1.29 is 24.3 Å². The van der Waals surface area contributed by atoms with Crippen molar-refractivity contribution in [3.05, 3.63) is 0 Å². The molecule has 0 aromatic rings. The van der Waals surface area contributed by atoms with Crippen molar-refractivity contribution in [2.75, 3.05) is 19.6 Å². The Morgan fingerprint density at radius 2 is 1.90 bits per heavy atom. The number of rotatable bonds is 11. The molecule has 1 rings (SSSR count). The van der Waals surface area contributed by atoms with Crippen LogP contribution < -0.4 is 27.8 Å². The summed E-state index contributed by atoms with van der Waals surface area (Å²) in [6, 6.07) is -2.43. The summed E-state index contributed by atoms with van der Waals surface area (Å²) in [6.07, 6.45) is 1.99. The molecule has 12 heteroatoms. The van der Waals surface area contributed by atoms with Gasteiger partial charge in [0.1, 0.15) is 18.6 Å². The van der Waals surface area contributed by atoms with Gasteiger partial charge in [-0.05, 0) is 31.6 Å². The molecule has 0 spiro atoms. The van der Waals surface area contributed by atoms with Crippen LogP contribution in [0.3, 0.4) is 0 Å². The first-order valence-electron chi connectivity index (χ1n) is 9.95. The maximum atomic E-state index is 12.8. The number of carbonyl (C=O) groups excluding carboxylic acids is 3. The molecule has 0 bridgehead atoms. The quantitative estimate of drug-likeness (QED) is 0.120. The molecule has 1 fully saturated rings. The van der Waals surface area contributed by atoms with Crippen LogP contribution in [0, 0.1) is 5.92 Å². The summed E-state index contributed by atoms with van der Waals surface area (Å²) < 4.78 is 0. The van der Waals surface area contributed by atoms with Crippen molar-refractivity contribution in [1.29, 1.82) is 0 Å². The van der Waals surface area contributed by atoms with Crippen molar-refractivity contribution in [3.8, 4) is 0 Å². The maximum Gasteiger partial charge on any atom is 0.322 e. The number of carboxylic acid groups (broad SMARTS) is 1. The zero-order chi connectivity index (χ0) is 22.8. The third kappa shape index (κ3) is 7.85. The summed E-state index contributed by atoms with van der Waals surface area (Å²) >= 11 is 0. The highest BCUT2D eigenvalue weighted by atomic mass is 16.4. The molecule has 3 atom stereocenters. The standard InChI is InChI=1S/C18H33N7O5/c1-10(2)14(16(29)23-9-13(26)27)24-15(28)12-6-4-8-25(12)17(30)11(19)5-3-7-22-18(20)21/h10-12,14H,3-9,19H2,1-2H3,(H,23,29)(H,24,28)(H,26,27)(H4,20,21,22). The van der Waals surface area contributed by atoms with Crippen LogP contribution in [-0.2, 0) is 19.2 Å². The Labute approximate surface area is 175 Å². The summed E-state index contributed by atoms with van der Waals surface area (Å²) in [7, 11) is 0. The van der Waals surface area contributed by atoms with E-state index in [1.165, 1.54) is 4.90 Å². The van der Waals surface area contributed by atoms with Gasteiger partial charge >= 0.3 is 5.97 Å². The lowest BCUT2D eigenvalue weighted by molar-refractivity contribution is -0.141. The molecule has 0 aromatic carbocycles. The SMILES string of the molecule is CC(C)C(NC(=O)C1CCCN1C(=O)C(N)CCCN=C(N)N)C(=O)NCC(=O)O. The Morgan fingerprint density at radius 3 is 2.47 bits per heavy atom. The van der Waals surface area contributed by atoms with Crippen LogP contribution in [-0.4, -0.2) is 77.4 Å². The number of nitrogens with one attached hydrogen (secondary N) is 2. The van der Waals surface area contributed by atoms with Crippen molar-refractivity contribution >= 4 is 29.7 Å². The molecule has 1 aliphatic rings. The van der Waals surface area contributed by atoms with Gasteiger partial charge in [-0.1, -0.05) is 13.8 Å². The van der Waals surface area contributed by atoms with E-state index in [0.29, 0.717) is 38.8 Å². The first-order valence-corrected chi connectivity index (χ1v) is 9.95. The van der Waals surface area contributed by atoms with Crippen molar-refractivity contribution in [1.82, 2.24) is 15.5 Å². The van der Waals surface area contributed by atoms with E-state index in [0.717, 1.165) is 0 Å². The Bertz CT molecular complexity index is 663. The summed E-state index contributed by atoms with van der Waals surface area (Å²) in [6.45, 7) is 3.68. The maximum absolute atomic E-state index is 12.8. The Balaban J connectivity index is 2.70. The Kier molecular flexibility index (Phi) is 10.0. The normalized spacial score (nSPS) is 17.9. The molecule has 1 saturated heterocycles. The molecule has 0 aromatic heterocycles. The molecule has 0 saturated carbocycles. The van der Waals surface area contributed by atoms with E-state index in [2.05, 4.69) is 15.6 Å². The predicted octanol–water partition coefficient (Wildman–Crippen LogP) is -2.30. The highest BCUT2D eigenvalue weighted by molar-refractivity contribution is 5.94. The highest BCUT2D eigenvalue weighted by Crippen LogP contribution is 2.20. The van der Waals surface area contributed by atoms with E-state index in [4.69, 9.17) is 22.3 Å². The second kappa shape index (κ2) is 12.0. The number of carboxylic acids is 1. The minimum atomic E-state index is -1.18. The topological polar surface area (TPSA) is 206 Å². The zero-order valence-electron chi connectivity index (χ0n) is 17.5. The number of aliphatic imine (C=N–C) groups is 1. The molecular formula is C18H33N7O5. The van der Waals surface area contributed by atoms with Gasteiger partial charge in [-0.15, -0.1) is 0 Å². The van der Waals surface area contributed by atoms with E-state index < -0.39 is 42.5 Å². The van der Waals surface area contributed by atoms with Gasteiger partial charge in [-0.3, -0.25) is 24.2 Å². The highest BCUT2D eigenvalue weighted by Gasteiger charge is 2.37. The summed E-state index contributed by atoms with van der Waals surface area (Å²) in [4.78, 5) is 53.7. The molecule has 0 radical (unpaired) electrons. The molecule has 1 aliphatic heterocycles. The number of nitrogens with zero attached hydrogens (tertiary/aromatic N) is 2. The van der Waals surface area contributed by atoms with E-state index in [1.54, 1.807) is 13.8 Å². The molecule has 30 heavy (non-hydrogen) atoms. The molecule has 1 heterocycles. The second-order valence-electron chi connectivity index (χ2n) is 7.59. The molecule has 9 N–H and O–H groups in total. The molecule has 0 aliphatic carbocycles. The lowest BCUT2D eigenvalue weighted by Gasteiger charge is -2.29. The van der Waals surface area contributed by atoms with Crippen LogP contribution >= 0.6 is 0 Å². The van der Waals surface area contributed by atoms with Crippen LogP contribution in [0.2, 0.25) is 0 Å². The van der Waals surface area contributed by atoms with Gasteiger partial charge in [0.2, 0.25) is 17.7 Å². The van der Waals surface area contributed by atoms with Gasteiger partial charge in [0, 0.05) is 13.1 Å². The fourth-order valence-corrected chi connectivity index (χ4v) is 3.22. The van der Waals surface area contributed by atoms with Crippen LogP contribution in [0.5, 0.6) is 0 Å². The minimum Gasteiger partial charge on any atom is -0.480 e. The van der Waals surface area contributed by atoms with Crippen LogP contribution in [0.4, 0.5) is 0 Å². The summed E-state index contributed by atoms with van der Waals surface area (Å²) in [5.74, 6) is -2.87. The van der Waals surface area contributed by atoms with Gasteiger partial charge in [0.05, 0.1) is 6.04 Å². The van der Waals surface area contributed by atoms with Gasteiger partial charge in [0.25, 0.3) is 0 Å². The molecule has 170 valence electrons. The van der Waals surface area contributed by atoms with E-state index >= 15 is 0 Å². The summed E-state index contributed by atoms with van der Waals surface area (Å²) in [5, 5.41) is 13.6. The zero-order valence-corrected chi connectivity index (χ0v) is 17.5. The fourth-order valence-electron chi connectivity index (χ4n) is 3.22. The van der Waals surface area contributed by atoms with Crippen LogP contribution in [0.25, 0.3) is 0 Å². The first-order chi connectivity index (χ1) is 14.0. The largest absolute Gasteiger partial charge is 0.480 e. The molecule has 3 amide bonds. The number of hydrogen-bond acceptors (Lipinski definition) is 6. The van der Waals surface area contributed by atoms with Crippen molar-refractivity contribution in [2.45, 2.75) is 57.7 Å². The van der Waals surface area contributed by atoms with Crippen LogP contribution in [0.15, 0.2) is 4.99 Å². The van der Waals surface area contributed by atoms with Crippen molar-refractivity contribution in [2.24, 2.45) is 28.1 Å². The minimum absolute atomic E-state index is 0.0294. The molecule has 12 nitrogen and oxygen atoms in total. The fraction of sp³-hybridized carbons (Fsp3) is 0.722. The Morgan fingerprint density at radius 1 is 1.23 bits per heavy atom. The number of nitrogens with two attached hydrogens (primary N) is 3. The van der Waals surface area contributed by atoms with Gasteiger partial charge < -0.3 is 37.8 Å². The average molecular weight is 428 g/mol. The Hall–Kier alpha value is -2.89. The number of hydrogen-bond donors (Lipinski definition) is 6. The van der Waals surface area contributed by atoms with E-state index in [1.807, 2.05) is 0 Å². The summed E-state index contributed by atoms with van der Waals surface area (Å²) in [5.41, 5.74) is 16.5. The number of guanidine groups is 1. The number of aliphatic carboxylic acids is 1. The third-order valence-electron chi connectivity index (χ3n) is 4.78. The lowest BCUT2D eigenvalue weighted by Crippen LogP contribution is -2.56. The first kappa shape index (κ1) is 25.1. The smallest absolute Gasteiger partial charge is 0.322 e. The number of amides is 3.